The first-order valence-corrected chi connectivity index (χ1v) is 8.07. The van der Waals surface area contributed by atoms with Gasteiger partial charge in [0.15, 0.2) is 0 Å². The Balaban J connectivity index is 1.78. The Morgan fingerprint density at radius 2 is 1.96 bits per heavy atom. The summed E-state index contributed by atoms with van der Waals surface area (Å²) < 4.78 is 11.6. The standard InChI is InChI=1S/C18H16N2O3S/c1-22-18(21)12-7-5-11(6-8-12)10-23-14-3-2-4-15-13(14)9-16(24-15)17(19)20/h2-9H,10H2,1H3,(H3,19,20). The van der Waals surface area contributed by atoms with Crippen molar-refractivity contribution < 1.29 is 14.3 Å². The fraction of sp³-hybridized carbons (Fsp3) is 0.111. The van der Waals surface area contributed by atoms with Gasteiger partial charge >= 0.3 is 5.97 Å². The van der Waals surface area contributed by atoms with E-state index >= 15 is 0 Å². The number of benzene rings is 2. The number of hydrogen-bond donors (Lipinski definition) is 2. The Kier molecular flexibility index (Phi) is 4.48. The SMILES string of the molecule is COC(=O)c1ccc(COc2cccc3sc(C(=N)N)cc23)cc1. The molecule has 24 heavy (non-hydrogen) atoms. The molecule has 3 aromatic rings. The molecule has 0 radical (unpaired) electrons. The average molecular weight is 340 g/mol. The topological polar surface area (TPSA) is 85.4 Å². The molecule has 0 atom stereocenters. The van der Waals surface area contributed by atoms with Crippen LogP contribution in [0.3, 0.4) is 0 Å². The molecule has 0 aliphatic carbocycles. The molecule has 0 fully saturated rings. The van der Waals surface area contributed by atoms with Crippen molar-refractivity contribution in [3.8, 4) is 5.75 Å². The average Bonchev–Trinajstić information content (AvgIpc) is 3.05. The van der Waals surface area contributed by atoms with Crippen LogP contribution in [0.25, 0.3) is 10.1 Å². The van der Waals surface area contributed by atoms with E-state index in [-0.39, 0.29) is 11.8 Å². The number of fused-ring (bicyclic) bond motifs is 1. The lowest BCUT2D eigenvalue weighted by molar-refractivity contribution is 0.0600. The second kappa shape index (κ2) is 6.72. The van der Waals surface area contributed by atoms with Gasteiger partial charge in [0.1, 0.15) is 18.2 Å². The van der Waals surface area contributed by atoms with Crippen molar-refractivity contribution in [3.63, 3.8) is 0 Å². The van der Waals surface area contributed by atoms with E-state index in [0.717, 1.165) is 26.3 Å². The van der Waals surface area contributed by atoms with Crippen molar-refractivity contribution in [2.24, 2.45) is 5.73 Å². The number of rotatable bonds is 5. The van der Waals surface area contributed by atoms with Crippen LogP contribution < -0.4 is 10.5 Å². The summed E-state index contributed by atoms with van der Waals surface area (Å²) in [7, 11) is 1.36. The summed E-state index contributed by atoms with van der Waals surface area (Å²) in [4.78, 5) is 12.2. The summed E-state index contributed by atoms with van der Waals surface area (Å²) in [6, 6.07) is 14.7. The Hall–Kier alpha value is -2.86. The predicted octanol–water partition coefficient (Wildman–Crippen LogP) is 3.55. The van der Waals surface area contributed by atoms with Gasteiger partial charge < -0.3 is 15.2 Å². The van der Waals surface area contributed by atoms with E-state index in [1.807, 2.05) is 36.4 Å². The molecule has 0 amide bonds. The van der Waals surface area contributed by atoms with Crippen LogP contribution in [0.4, 0.5) is 0 Å². The van der Waals surface area contributed by atoms with Crippen molar-refractivity contribution in [2.75, 3.05) is 7.11 Å². The minimum Gasteiger partial charge on any atom is -0.488 e. The minimum atomic E-state index is -0.359. The molecular weight excluding hydrogens is 324 g/mol. The fourth-order valence-electron chi connectivity index (χ4n) is 2.31. The van der Waals surface area contributed by atoms with Gasteiger partial charge in [-0.2, -0.15) is 0 Å². The summed E-state index contributed by atoms with van der Waals surface area (Å²) in [5, 5.41) is 8.50. The van der Waals surface area contributed by atoms with Gasteiger partial charge in [-0.3, -0.25) is 5.41 Å². The highest BCUT2D eigenvalue weighted by Crippen LogP contribution is 2.33. The fourth-order valence-corrected chi connectivity index (χ4v) is 3.25. The summed E-state index contributed by atoms with van der Waals surface area (Å²) >= 11 is 1.47. The van der Waals surface area contributed by atoms with Crippen LogP contribution in [0, 0.1) is 5.41 Å². The first kappa shape index (κ1) is 16.0. The number of nitrogens with one attached hydrogen (secondary N) is 1. The molecule has 0 aliphatic heterocycles. The number of amidine groups is 1. The van der Waals surface area contributed by atoms with Crippen LogP contribution in [0.1, 0.15) is 20.8 Å². The van der Waals surface area contributed by atoms with E-state index in [2.05, 4.69) is 4.74 Å². The molecule has 5 nitrogen and oxygen atoms in total. The van der Waals surface area contributed by atoms with Gasteiger partial charge in [0.05, 0.1) is 17.6 Å². The molecule has 0 saturated carbocycles. The first-order valence-electron chi connectivity index (χ1n) is 7.25. The number of carbonyl (C=O) groups excluding carboxylic acids is 1. The van der Waals surface area contributed by atoms with Crippen LogP contribution in [0.5, 0.6) is 5.75 Å². The maximum atomic E-state index is 11.4. The van der Waals surface area contributed by atoms with Gasteiger partial charge in [0, 0.05) is 10.1 Å². The number of esters is 1. The molecule has 3 N–H and O–H groups in total. The van der Waals surface area contributed by atoms with Gasteiger partial charge in [0.25, 0.3) is 0 Å². The third-order valence-corrected chi connectivity index (χ3v) is 4.69. The maximum absolute atomic E-state index is 11.4. The maximum Gasteiger partial charge on any atom is 0.337 e. The molecule has 0 unspecified atom stereocenters. The van der Waals surface area contributed by atoms with Crippen LogP contribution in [-0.4, -0.2) is 18.9 Å². The number of methoxy groups -OCH3 is 1. The van der Waals surface area contributed by atoms with E-state index in [1.165, 1.54) is 18.4 Å². The monoisotopic (exact) mass is 340 g/mol. The molecule has 2 aromatic carbocycles. The molecule has 1 heterocycles. The predicted molar refractivity (Wildman–Crippen MR) is 95.0 cm³/mol. The van der Waals surface area contributed by atoms with Crippen molar-refractivity contribution in [3.05, 3.63) is 64.5 Å². The Morgan fingerprint density at radius 1 is 1.21 bits per heavy atom. The van der Waals surface area contributed by atoms with E-state index in [0.29, 0.717) is 12.2 Å². The van der Waals surface area contributed by atoms with Gasteiger partial charge in [-0.05, 0) is 35.9 Å². The van der Waals surface area contributed by atoms with E-state index in [1.54, 1.807) is 12.1 Å². The quantitative estimate of drug-likeness (QED) is 0.422. The number of nitrogen functional groups attached to an aromatic ring is 1. The minimum absolute atomic E-state index is 0.0561. The van der Waals surface area contributed by atoms with Crippen LogP contribution >= 0.6 is 11.3 Å². The summed E-state index contributed by atoms with van der Waals surface area (Å²) in [5.41, 5.74) is 7.01. The van der Waals surface area contributed by atoms with Crippen molar-refractivity contribution >= 4 is 33.2 Å². The van der Waals surface area contributed by atoms with Gasteiger partial charge in [-0.1, -0.05) is 18.2 Å². The van der Waals surface area contributed by atoms with E-state index in [4.69, 9.17) is 15.9 Å². The highest BCUT2D eigenvalue weighted by molar-refractivity contribution is 7.20. The highest BCUT2D eigenvalue weighted by Gasteiger charge is 2.09. The smallest absolute Gasteiger partial charge is 0.337 e. The lowest BCUT2D eigenvalue weighted by atomic mass is 10.1. The first-order chi connectivity index (χ1) is 11.6. The summed E-state index contributed by atoms with van der Waals surface area (Å²) in [5.74, 6) is 0.441. The van der Waals surface area contributed by atoms with Crippen LogP contribution in [0.15, 0.2) is 48.5 Å². The summed E-state index contributed by atoms with van der Waals surface area (Å²) in [6.07, 6.45) is 0. The third kappa shape index (κ3) is 3.23. The number of thiophene rings is 1. The molecule has 3 rings (SSSR count). The summed E-state index contributed by atoms with van der Waals surface area (Å²) in [6.45, 7) is 0.381. The zero-order valence-corrected chi connectivity index (χ0v) is 13.9. The van der Waals surface area contributed by atoms with Crippen molar-refractivity contribution in [1.82, 2.24) is 0 Å². The third-order valence-electron chi connectivity index (χ3n) is 3.56. The lowest BCUT2D eigenvalue weighted by Gasteiger charge is -2.08. The van der Waals surface area contributed by atoms with Gasteiger partial charge in [0.2, 0.25) is 0 Å². The van der Waals surface area contributed by atoms with Crippen LogP contribution in [-0.2, 0) is 11.3 Å². The largest absolute Gasteiger partial charge is 0.488 e. The van der Waals surface area contributed by atoms with E-state index < -0.39 is 0 Å². The van der Waals surface area contributed by atoms with Gasteiger partial charge in [-0.15, -0.1) is 11.3 Å². The number of ether oxygens (including phenoxy) is 2. The zero-order chi connectivity index (χ0) is 17.1. The van der Waals surface area contributed by atoms with Crippen molar-refractivity contribution in [2.45, 2.75) is 6.61 Å². The Labute approximate surface area is 143 Å². The molecule has 0 saturated heterocycles. The number of nitrogens with two attached hydrogens (primary N) is 1. The van der Waals surface area contributed by atoms with Crippen LogP contribution in [0.2, 0.25) is 0 Å². The Morgan fingerprint density at radius 3 is 2.62 bits per heavy atom. The second-order valence-corrected chi connectivity index (χ2v) is 6.25. The molecule has 0 spiro atoms. The molecular formula is C18H16N2O3S. The molecule has 6 heteroatoms. The molecule has 0 aliphatic rings. The number of hydrogen-bond acceptors (Lipinski definition) is 5. The highest BCUT2D eigenvalue weighted by atomic mass is 32.1. The van der Waals surface area contributed by atoms with Crippen molar-refractivity contribution in [1.29, 1.82) is 5.41 Å². The molecule has 0 bridgehead atoms. The zero-order valence-electron chi connectivity index (χ0n) is 13.0. The van der Waals surface area contributed by atoms with E-state index in [9.17, 15) is 4.79 Å². The van der Waals surface area contributed by atoms with Gasteiger partial charge in [-0.25, -0.2) is 4.79 Å². The molecule has 1 aromatic heterocycles. The number of carbonyl (C=O) groups is 1. The lowest BCUT2D eigenvalue weighted by Crippen LogP contribution is -2.08. The molecule has 122 valence electrons. The Bertz CT molecular complexity index is 900. The second-order valence-electron chi connectivity index (χ2n) is 5.17. The normalized spacial score (nSPS) is 10.5.